The molecule has 0 fully saturated rings. The fraction of sp³-hybridized carbons (Fsp3) is 0.0435. The van der Waals surface area contributed by atoms with Crippen molar-refractivity contribution in [2.24, 2.45) is 0 Å². The minimum atomic E-state index is -0.0221. The monoisotopic (exact) mass is 499 g/mol. The predicted molar refractivity (Wildman–Crippen MR) is 121 cm³/mol. The maximum absolute atomic E-state index is 13.0. The first-order valence-electron chi connectivity index (χ1n) is 8.60. The number of ketones is 1. The molecule has 0 aliphatic rings. The molecule has 5 heteroatoms. The van der Waals surface area contributed by atoms with Crippen LogP contribution < -0.4 is 4.74 Å². The van der Waals surface area contributed by atoms with Crippen LogP contribution in [0.3, 0.4) is 0 Å². The Morgan fingerprint density at radius 2 is 1.71 bits per heavy atom. The highest BCUT2D eigenvalue weighted by Crippen LogP contribution is 2.33. The van der Waals surface area contributed by atoms with Crippen LogP contribution in [0, 0.1) is 3.57 Å². The van der Waals surface area contributed by atoms with E-state index in [2.05, 4.69) is 27.6 Å². The van der Waals surface area contributed by atoms with Gasteiger partial charge in [-0.2, -0.15) is 0 Å². The van der Waals surface area contributed by atoms with Gasteiger partial charge >= 0.3 is 0 Å². The lowest BCUT2D eigenvalue weighted by molar-refractivity contribution is 0.103. The molecule has 0 amide bonds. The van der Waals surface area contributed by atoms with E-state index in [0.717, 1.165) is 25.6 Å². The Bertz CT molecular complexity index is 1190. The molecule has 4 aromatic rings. The van der Waals surface area contributed by atoms with Gasteiger partial charge in [0.25, 0.3) is 0 Å². The fourth-order valence-corrected chi connectivity index (χ4v) is 3.66. The van der Waals surface area contributed by atoms with Crippen molar-refractivity contribution in [2.75, 3.05) is 7.11 Å². The SMILES string of the molecule is COc1cc(-c2cccc(Cl)c2)c2cc(C(=O)c3ccc(I)cc3)ccc2n1. The highest BCUT2D eigenvalue weighted by atomic mass is 127. The molecule has 1 heterocycles. The van der Waals surface area contributed by atoms with Crippen molar-refractivity contribution in [3.63, 3.8) is 0 Å². The average Bonchev–Trinajstić information content (AvgIpc) is 2.72. The van der Waals surface area contributed by atoms with E-state index in [1.807, 2.05) is 66.7 Å². The Morgan fingerprint density at radius 1 is 0.964 bits per heavy atom. The van der Waals surface area contributed by atoms with E-state index in [0.29, 0.717) is 22.0 Å². The largest absolute Gasteiger partial charge is 0.481 e. The number of rotatable bonds is 4. The van der Waals surface area contributed by atoms with Crippen molar-refractivity contribution in [3.8, 4) is 17.0 Å². The summed E-state index contributed by atoms with van der Waals surface area (Å²) in [6, 6.07) is 22.6. The zero-order valence-electron chi connectivity index (χ0n) is 14.9. The van der Waals surface area contributed by atoms with Crippen LogP contribution in [-0.4, -0.2) is 17.9 Å². The topological polar surface area (TPSA) is 39.2 Å². The second-order valence-electron chi connectivity index (χ2n) is 6.29. The van der Waals surface area contributed by atoms with Gasteiger partial charge in [0.15, 0.2) is 5.78 Å². The molecule has 0 radical (unpaired) electrons. The molecule has 1 aromatic heterocycles. The van der Waals surface area contributed by atoms with Gasteiger partial charge in [0.1, 0.15) is 0 Å². The Kier molecular flexibility index (Phi) is 5.33. The lowest BCUT2D eigenvalue weighted by Gasteiger charge is -2.11. The van der Waals surface area contributed by atoms with Gasteiger partial charge < -0.3 is 4.74 Å². The summed E-state index contributed by atoms with van der Waals surface area (Å²) in [6.45, 7) is 0. The predicted octanol–water partition coefficient (Wildman–Crippen LogP) is 6.40. The van der Waals surface area contributed by atoms with Gasteiger partial charge in [-0.05, 0) is 88.3 Å². The van der Waals surface area contributed by atoms with Gasteiger partial charge in [0, 0.05) is 31.2 Å². The van der Waals surface area contributed by atoms with Gasteiger partial charge in [-0.1, -0.05) is 23.7 Å². The number of hydrogen-bond acceptors (Lipinski definition) is 3. The van der Waals surface area contributed by atoms with Gasteiger partial charge in [0.05, 0.1) is 12.6 Å². The number of methoxy groups -OCH3 is 1. The molecular formula is C23H15ClINO2. The summed E-state index contributed by atoms with van der Waals surface area (Å²) in [5.41, 5.74) is 3.89. The number of hydrogen-bond donors (Lipinski definition) is 0. The smallest absolute Gasteiger partial charge is 0.214 e. The summed E-state index contributed by atoms with van der Waals surface area (Å²) in [5.74, 6) is 0.491. The highest BCUT2D eigenvalue weighted by Gasteiger charge is 2.14. The quantitative estimate of drug-likeness (QED) is 0.241. The van der Waals surface area contributed by atoms with Crippen molar-refractivity contribution in [1.29, 1.82) is 0 Å². The van der Waals surface area contributed by atoms with E-state index in [9.17, 15) is 4.79 Å². The van der Waals surface area contributed by atoms with Crippen molar-refractivity contribution in [1.82, 2.24) is 4.98 Å². The number of carbonyl (C=O) groups excluding carboxylic acids is 1. The molecule has 0 N–H and O–H groups in total. The van der Waals surface area contributed by atoms with E-state index in [1.165, 1.54) is 0 Å². The second-order valence-corrected chi connectivity index (χ2v) is 7.97. The lowest BCUT2D eigenvalue weighted by Crippen LogP contribution is -2.02. The molecule has 0 saturated heterocycles. The van der Waals surface area contributed by atoms with Gasteiger partial charge in [-0.3, -0.25) is 4.79 Å². The van der Waals surface area contributed by atoms with E-state index < -0.39 is 0 Å². The third kappa shape index (κ3) is 3.75. The molecule has 0 saturated carbocycles. The molecule has 138 valence electrons. The molecule has 0 bridgehead atoms. The summed E-state index contributed by atoms with van der Waals surface area (Å²) < 4.78 is 6.45. The van der Waals surface area contributed by atoms with Gasteiger partial charge in [-0.15, -0.1) is 0 Å². The molecule has 28 heavy (non-hydrogen) atoms. The molecule has 0 spiro atoms. The number of nitrogens with zero attached hydrogens (tertiary/aromatic N) is 1. The zero-order valence-corrected chi connectivity index (χ0v) is 17.9. The van der Waals surface area contributed by atoms with Crippen LogP contribution in [0.25, 0.3) is 22.0 Å². The van der Waals surface area contributed by atoms with Crippen LogP contribution in [0.4, 0.5) is 0 Å². The van der Waals surface area contributed by atoms with E-state index in [4.69, 9.17) is 16.3 Å². The van der Waals surface area contributed by atoms with Gasteiger partial charge in [-0.25, -0.2) is 4.98 Å². The zero-order chi connectivity index (χ0) is 19.7. The van der Waals surface area contributed by atoms with E-state index in [1.54, 1.807) is 13.2 Å². The number of fused-ring (bicyclic) bond motifs is 1. The van der Waals surface area contributed by atoms with Crippen LogP contribution >= 0.6 is 34.2 Å². The molecule has 0 aliphatic heterocycles. The fourth-order valence-electron chi connectivity index (χ4n) is 3.11. The number of carbonyl (C=O) groups is 1. The van der Waals surface area contributed by atoms with E-state index in [-0.39, 0.29) is 5.78 Å². The Balaban J connectivity index is 1.89. The third-order valence-corrected chi connectivity index (χ3v) is 5.45. The Hall–Kier alpha value is -2.44. The Morgan fingerprint density at radius 3 is 2.43 bits per heavy atom. The van der Waals surface area contributed by atoms with Crippen LogP contribution in [0.5, 0.6) is 5.88 Å². The minimum Gasteiger partial charge on any atom is -0.481 e. The van der Waals surface area contributed by atoms with E-state index >= 15 is 0 Å². The number of benzene rings is 3. The van der Waals surface area contributed by atoms with Crippen molar-refractivity contribution >= 4 is 50.9 Å². The third-order valence-electron chi connectivity index (χ3n) is 4.50. The van der Waals surface area contributed by atoms with Gasteiger partial charge in [0.2, 0.25) is 5.88 Å². The molecule has 0 atom stereocenters. The maximum Gasteiger partial charge on any atom is 0.214 e. The highest BCUT2D eigenvalue weighted by molar-refractivity contribution is 14.1. The minimum absolute atomic E-state index is 0.0221. The number of halogens is 2. The maximum atomic E-state index is 13.0. The van der Waals surface area contributed by atoms with Crippen LogP contribution in [0.2, 0.25) is 5.02 Å². The first-order chi connectivity index (χ1) is 13.5. The summed E-state index contributed by atoms with van der Waals surface area (Å²) >= 11 is 8.42. The van der Waals surface area contributed by atoms with Crippen LogP contribution in [0.1, 0.15) is 15.9 Å². The van der Waals surface area contributed by atoms with Crippen LogP contribution in [0.15, 0.2) is 72.8 Å². The Labute approximate surface area is 181 Å². The summed E-state index contributed by atoms with van der Waals surface area (Å²) in [6.07, 6.45) is 0. The lowest BCUT2D eigenvalue weighted by atomic mass is 9.97. The summed E-state index contributed by atoms with van der Waals surface area (Å²) in [4.78, 5) is 17.5. The first-order valence-corrected chi connectivity index (χ1v) is 10.1. The molecule has 3 nitrogen and oxygen atoms in total. The van der Waals surface area contributed by atoms with Crippen molar-refractivity contribution in [2.45, 2.75) is 0 Å². The summed E-state index contributed by atoms with van der Waals surface area (Å²) in [7, 11) is 1.59. The average molecular weight is 500 g/mol. The molecule has 0 aliphatic carbocycles. The van der Waals surface area contributed by atoms with Crippen molar-refractivity contribution < 1.29 is 9.53 Å². The molecular weight excluding hydrogens is 485 g/mol. The standard InChI is InChI=1S/C23H15ClINO2/c1-28-22-13-19(15-3-2-4-17(24)11-15)20-12-16(7-10-21(20)26-22)23(27)14-5-8-18(25)9-6-14/h2-13H,1H3. The van der Waals surface area contributed by atoms with Crippen LogP contribution in [-0.2, 0) is 0 Å². The number of aromatic nitrogens is 1. The number of ether oxygens (including phenoxy) is 1. The van der Waals surface area contributed by atoms with Crippen molar-refractivity contribution in [3.05, 3.63) is 92.5 Å². The normalized spacial score (nSPS) is 10.8. The first kappa shape index (κ1) is 18.9. The number of pyridine rings is 1. The second kappa shape index (κ2) is 7.89. The molecule has 3 aromatic carbocycles. The molecule has 4 rings (SSSR count). The molecule has 0 unspecified atom stereocenters. The summed E-state index contributed by atoms with van der Waals surface area (Å²) in [5, 5.41) is 1.52.